The van der Waals surface area contributed by atoms with Crippen LogP contribution in [0.15, 0.2) is 30.6 Å². The predicted octanol–water partition coefficient (Wildman–Crippen LogP) is 3.31. The first kappa shape index (κ1) is 14.9. The second-order valence-corrected chi connectivity index (χ2v) is 5.44. The molecule has 1 aromatic heterocycles. The van der Waals surface area contributed by atoms with E-state index in [2.05, 4.69) is 10.2 Å². The van der Waals surface area contributed by atoms with E-state index in [0.717, 1.165) is 11.1 Å². The lowest BCUT2D eigenvalue weighted by Gasteiger charge is -2.16. The Bertz CT molecular complexity index is 584. The molecule has 1 amide bonds. The van der Waals surface area contributed by atoms with Gasteiger partial charge in [0, 0.05) is 41.8 Å². The maximum atomic E-state index is 12.0. The zero-order chi connectivity index (χ0) is 14.5. The van der Waals surface area contributed by atoms with Gasteiger partial charge in [0.1, 0.15) is 0 Å². The van der Waals surface area contributed by atoms with E-state index in [-0.39, 0.29) is 5.91 Å². The molecule has 0 atom stereocenters. The number of aromatic nitrogens is 2. The predicted molar refractivity (Wildman–Crippen MR) is 79.8 cm³/mol. The van der Waals surface area contributed by atoms with Crippen molar-refractivity contribution in [1.82, 2.24) is 15.1 Å². The third-order valence-corrected chi connectivity index (χ3v) is 3.61. The quantitative estimate of drug-likeness (QED) is 0.921. The van der Waals surface area contributed by atoms with Crippen LogP contribution in [-0.4, -0.2) is 28.1 Å². The van der Waals surface area contributed by atoms with E-state index in [1.165, 1.54) is 0 Å². The minimum absolute atomic E-state index is 0.0669. The van der Waals surface area contributed by atoms with Crippen LogP contribution in [0.5, 0.6) is 0 Å². The molecule has 106 valence electrons. The fourth-order valence-electron chi connectivity index (χ4n) is 1.88. The highest BCUT2D eigenvalue weighted by Crippen LogP contribution is 2.22. The number of hydrogen-bond donors (Lipinski definition) is 1. The number of H-pyrrole nitrogens is 1. The molecule has 0 unspecified atom stereocenters. The first-order valence-corrected chi connectivity index (χ1v) is 6.97. The van der Waals surface area contributed by atoms with E-state index >= 15 is 0 Å². The zero-order valence-electron chi connectivity index (χ0n) is 11.1. The number of aryl methyl sites for hydroxylation is 1. The highest BCUT2D eigenvalue weighted by molar-refractivity contribution is 6.35. The maximum Gasteiger partial charge on any atom is 0.222 e. The number of nitrogens with one attached hydrogen (secondary N) is 1. The van der Waals surface area contributed by atoms with Crippen molar-refractivity contribution in [3.8, 4) is 0 Å². The smallest absolute Gasteiger partial charge is 0.222 e. The molecule has 1 N–H and O–H groups in total. The maximum absolute atomic E-state index is 12.0. The number of carbonyl (C=O) groups excluding carboxylic acids is 1. The monoisotopic (exact) mass is 311 g/mol. The Morgan fingerprint density at radius 3 is 2.85 bits per heavy atom. The van der Waals surface area contributed by atoms with Gasteiger partial charge in [-0.1, -0.05) is 29.3 Å². The van der Waals surface area contributed by atoms with Crippen molar-refractivity contribution in [3.63, 3.8) is 0 Å². The van der Waals surface area contributed by atoms with Crippen LogP contribution < -0.4 is 0 Å². The highest BCUT2D eigenvalue weighted by Gasteiger charge is 2.11. The van der Waals surface area contributed by atoms with Crippen LogP contribution in [0.2, 0.25) is 10.0 Å². The van der Waals surface area contributed by atoms with Crippen molar-refractivity contribution in [1.29, 1.82) is 0 Å². The van der Waals surface area contributed by atoms with E-state index in [4.69, 9.17) is 23.2 Å². The zero-order valence-corrected chi connectivity index (χ0v) is 12.6. The molecule has 4 nitrogen and oxygen atoms in total. The van der Waals surface area contributed by atoms with Crippen LogP contribution in [0, 0.1) is 0 Å². The number of aromatic amines is 1. The molecular formula is C14H15Cl2N3O. The summed E-state index contributed by atoms with van der Waals surface area (Å²) < 4.78 is 0. The van der Waals surface area contributed by atoms with Gasteiger partial charge in [0.15, 0.2) is 0 Å². The van der Waals surface area contributed by atoms with Crippen molar-refractivity contribution in [2.45, 2.75) is 19.4 Å². The van der Waals surface area contributed by atoms with Crippen molar-refractivity contribution < 1.29 is 4.79 Å². The lowest BCUT2D eigenvalue weighted by atomic mass is 10.1. The summed E-state index contributed by atoms with van der Waals surface area (Å²) in [5.74, 6) is 0.0669. The minimum Gasteiger partial charge on any atom is -0.341 e. The van der Waals surface area contributed by atoms with E-state index < -0.39 is 0 Å². The number of halogens is 2. The third-order valence-electron chi connectivity index (χ3n) is 3.02. The highest BCUT2D eigenvalue weighted by atomic mass is 35.5. The van der Waals surface area contributed by atoms with Crippen molar-refractivity contribution in [2.75, 3.05) is 7.05 Å². The standard InChI is InChI=1S/C14H15Cl2N3O/c1-19(9-10-7-17-18-8-10)14(20)5-3-11-2-4-12(15)6-13(11)16/h2,4,6-8H,3,5,9H2,1H3,(H,17,18). The van der Waals surface area contributed by atoms with Crippen LogP contribution in [0.1, 0.15) is 17.5 Å². The molecule has 20 heavy (non-hydrogen) atoms. The summed E-state index contributed by atoms with van der Waals surface area (Å²) >= 11 is 11.9. The summed E-state index contributed by atoms with van der Waals surface area (Å²) in [6.07, 6.45) is 4.50. The number of benzene rings is 1. The topological polar surface area (TPSA) is 49.0 Å². The number of amides is 1. The summed E-state index contributed by atoms with van der Waals surface area (Å²) in [7, 11) is 1.78. The van der Waals surface area contributed by atoms with E-state index in [0.29, 0.717) is 29.4 Å². The molecule has 0 radical (unpaired) electrons. The van der Waals surface area contributed by atoms with E-state index in [9.17, 15) is 4.79 Å². The van der Waals surface area contributed by atoms with Crippen LogP contribution in [0.25, 0.3) is 0 Å². The van der Waals surface area contributed by atoms with Gasteiger partial charge in [0.2, 0.25) is 5.91 Å². The number of carbonyl (C=O) groups is 1. The van der Waals surface area contributed by atoms with Gasteiger partial charge in [-0.05, 0) is 24.1 Å². The molecule has 0 bridgehead atoms. The molecule has 1 heterocycles. The van der Waals surface area contributed by atoms with E-state index in [1.807, 2.05) is 6.07 Å². The normalized spacial score (nSPS) is 10.6. The van der Waals surface area contributed by atoms with Gasteiger partial charge < -0.3 is 4.90 Å². The number of rotatable bonds is 5. The molecule has 2 rings (SSSR count). The third kappa shape index (κ3) is 3.99. The average molecular weight is 312 g/mol. The van der Waals surface area contributed by atoms with Crippen LogP contribution >= 0.6 is 23.2 Å². The first-order valence-electron chi connectivity index (χ1n) is 6.22. The van der Waals surface area contributed by atoms with Crippen LogP contribution in [-0.2, 0) is 17.8 Å². The Hall–Kier alpha value is -1.52. The average Bonchev–Trinajstić information content (AvgIpc) is 2.90. The Balaban J connectivity index is 1.88. The lowest BCUT2D eigenvalue weighted by molar-refractivity contribution is -0.130. The van der Waals surface area contributed by atoms with Gasteiger partial charge in [-0.15, -0.1) is 0 Å². The fraction of sp³-hybridized carbons (Fsp3) is 0.286. The molecular weight excluding hydrogens is 297 g/mol. The summed E-state index contributed by atoms with van der Waals surface area (Å²) in [4.78, 5) is 13.7. The summed E-state index contributed by atoms with van der Waals surface area (Å²) in [6.45, 7) is 0.545. The Kier molecular flexibility index (Phi) is 5.04. The molecule has 0 aliphatic heterocycles. The van der Waals surface area contributed by atoms with Crippen LogP contribution in [0.4, 0.5) is 0 Å². The summed E-state index contributed by atoms with van der Waals surface area (Å²) in [6, 6.07) is 5.33. The molecule has 2 aromatic rings. The van der Waals surface area contributed by atoms with Gasteiger partial charge in [-0.2, -0.15) is 5.10 Å². The Labute approximate surface area is 127 Å². The Morgan fingerprint density at radius 1 is 1.40 bits per heavy atom. The molecule has 0 aliphatic carbocycles. The summed E-state index contributed by atoms with van der Waals surface area (Å²) in [5.41, 5.74) is 1.91. The Morgan fingerprint density at radius 2 is 2.20 bits per heavy atom. The molecule has 1 aromatic carbocycles. The van der Waals surface area contributed by atoms with Gasteiger partial charge in [0.25, 0.3) is 0 Å². The minimum atomic E-state index is 0.0669. The first-order chi connectivity index (χ1) is 9.56. The van der Waals surface area contributed by atoms with Gasteiger partial charge in [0.05, 0.1) is 6.20 Å². The molecule has 0 aliphatic rings. The van der Waals surface area contributed by atoms with Gasteiger partial charge in [-0.25, -0.2) is 0 Å². The molecule has 0 saturated carbocycles. The second-order valence-electron chi connectivity index (χ2n) is 4.59. The van der Waals surface area contributed by atoms with Gasteiger partial charge in [-0.3, -0.25) is 9.89 Å². The molecule has 6 heteroatoms. The SMILES string of the molecule is CN(Cc1cn[nH]c1)C(=O)CCc1ccc(Cl)cc1Cl. The second kappa shape index (κ2) is 6.77. The molecule has 0 saturated heterocycles. The van der Waals surface area contributed by atoms with Crippen LogP contribution in [0.3, 0.4) is 0 Å². The number of nitrogens with zero attached hydrogens (tertiary/aromatic N) is 2. The van der Waals surface area contributed by atoms with Crippen molar-refractivity contribution in [3.05, 3.63) is 51.8 Å². The van der Waals surface area contributed by atoms with Crippen molar-refractivity contribution >= 4 is 29.1 Å². The molecule has 0 fully saturated rings. The molecule has 0 spiro atoms. The lowest BCUT2D eigenvalue weighted by Crippen LogP contribution is -2.26. The van der Waals surface area contributed by atoms with Gasteiger partial charge >= 0.3 is 0 Å². The number of hydrogen-bond acceptors (Lipinski definition) is 2. The van der Waals surface area contributed by atoms with E-state index in [1.54, 1.807) is 36.5 Å². The summed E-state index contributed by atoms with van der Waals surface area (Å²) in [5, 5.41) is 7.78. The van der Waals surface area contributed by atoms with Crippen molar-refractivity contribution in [2.24, 2.45) is 0 Å². The fourth-order valence-corrected chi connectivity index (χ4v) is 2.39. The largest absolute Gasteiger partial charge is 0.341 e.